The highest BCUT2D eigenvalue weighted by molar-refractivity contribution is 5.94. The van der Waals surface area contributed by atoms with Crippen LogP contribution in [0.15, 0.2) is 71.9 Å². The molecule has 7 nitrogen and oxygen atoms in total. The SMILES string of the molecule is Cc1ccc(-n2nc3c(c2-n2cccc2)CN(C(=O)c2cccn(C)c2=O)C3)cc1. The van der Waals surface area contributed by atoms with Crippen LogP contribution in [0.1, 0.15) is 27.2 Å². The first kappa shape index (κ1) is 18.2. The van der Waals surface area contributed by atoms with Crippen LogP contribution in [0.25, 0.3) is 11.5 Å². The van der Waals surface area contributed by atoms with Crippen LogP contribution in [-0.4, -0.2) is 29.7 Å². The molecule has 4 aromatic rings. The number of pyridine rings is 1. The second-order valence-electron chi connectivity index (χ2n) is 7.59. The summed E-state index contributed by atoms with van der Waals surface area (Å²) in [5, 5.41) is 4.83. The van der Waals surface area contributed by atoms with Gasteiger partial charge in [0.05, 0.1) is 24.5 Å². The van der Waals surface area contributed by atoms with Gasteiger partial charge < -0.3 is 14.0 Å². The molecule has 0 radical (unpaired) electrons. The van der Waals surface area contributed by atoms with E-state index in [9.17, 15) is 9.59 Å². The van der Waals surface area contributed by atoms with Crippen molar-refractivity contribution in [1.29, 1.82) is 0 Å². The number of benzene rings is 1. The molecule has 0 saturated heterocycles. The monoisotopic (exact) mass is 399 g/mol. The zero-order valence-electron chi connectivity index (χ0n) is 16.8. The molecule has 0 spiro atoms. The molecule has 0 aliphatic carbocycles. The molecule has 0 bridgehead atoms. The fourth-order valence-electron chi connectivity index (χ4n) is 3.88. The van der Waals surface area contributed by atoms with Crippen LogP contribution in [0.5, 0.6) is 0 Å². The van der Waals surface area contributed by atoms with Crippen molar-refractivity contribution in [2.45, 2.75) is 20.0 Å². The van der Waals surface area contributed by atoms with Gasteiger partial charge in [-0.1, -0.05) is 17.7 Å². The average Bonchev–Trinajstić information content (AvgIpc) is 3.46. The second kappa shape index (κ2) is 6.88. The third-order valence-corrected chi connectivity index (χ3v) is 5.50. The Bertz CT molecular complexity index is 1300. The second-order valence-corrected chi connectivity index (χ2v) is 7.59. The number of hydrogen-bond donors (Lipinski definition) is 0. The minimum absolute atomic E-state index is 0.180. The molecule has 30 heavy (non-hydrogen) atoms. The summed E-state index contributed by atoms with van der Waals surface area (Å²) in [7, 11) is 1.65. The Kier molecular flexibility index (Phi) is 4.17. The quantitative estimate of drug-likeness (QED) is 0.532. The van der Waals surface area contributed by atoms with E-state index in [1.807, 2.05) is 45.9 Å². The highest BCUT2D eigenvalue weighted by Gasteiger charge is 2.32. The number of fused-ring (bicyclic) bond motifs is 1. The van der Waals surface area contributed by atoms with Gasteiger partial charge in [-0.25, -0.2) is 4.68 Å². The summed E-state index contributed by atoms with van der Waals surface area (Å²) in [4.78, 5) is 27.1. The van der Waals surface area contributed by atoms with Crippen LogP contribution in [0, 0.1) is 6.92 Å². The fourth-order valence-corrected chi connectivity index (χ4v) is 3.88. The molecule has 0 saturated carbocycles. The molecule has 1 aliphatic rings. The van der Waals surface area contributed by atoms with Crippen LogP contribution < -0.4 is 5.56 Å². The molecule has 0 atom stereocenters. The van der Waals surface area contributed by atoms with Crippen molar-refractivity contribution in [2.24, 2.45) is 7.05 Å². The van der Waals surface area contributed by atoms with Gasteiger partial charge in [0.15, 0.2) is 0 Å². The van der Waals surface area contributed by atoms with Gasteiger partial charge in [-0.15, -0.1) is 0 Å². The minimum atomic E-state index is -0.289. The molecule has 150 valence electrons. The lowest BCUT2D eigenvalue weighted by Gasteiger charge is -2.17. The summed E-state index contributed by atoms with van der Waals surface area (Å²) in [6.45, 7) is 2.84. The fraction of sp³-hybridized carbons (Fsp3) is 0.174. The Balaban J connectivity index is 1.55. The first-order valence-corrected chi connectivity index (χ1v) is 9.79. The predicted molar refractivity (Wildman–Crippen MR) is 113 cm³/mol. The van der Waals surface area contributed by atoms with Gasteiger partial charge in [0, 0.05) is 31.2 Å². The standard InChI is InChI=1S/C23H21N5O2/c1-16-7-9-17(10-8-16)28-21(26-12-3-4-13-26)19-14-27(15-20(19)24-28)23(30)18-6-5-11-25(2)22(18)29/h3-13H,14-15H2,1-2H3. The molecule has 1 amide bonds. The van der Waals surface area contributed by atoms with Crippen molar-refractivity contribution in [2.75, 3.05) is 0 Å². The molecule has 4 heterocycles. The van der Waals surface area contributed by atoms with Gasteiger partial charge in [-0.3, -0.25) is 9.59 Å². The summed E-state index contributed by atoms with van der Waals surface area (Å²) in [6.07, 6.45) is 5.59. The number of aromatic nitrogens is 4. The lowest BCUT2D eigenvalue weighted by atomic mass is 10.2. The Morgan fingerprint density at radius 1 is 0.967 bits per heavy atom. The van der Waals surface area contributed by atoms with E-state index in [0.29, 0.717) is 13.1 Å². The van der Waals surface area contributed by atoms with Crippen molar-refractivity contribution in [3.63, 3.8) is 0 Å². The highest BCUT2D eigenvalue weighted by Crippen LogP contribution is 2.31. The molecule has 1 aliphatic heterocycles. The average molecular weight is 399 g/mol. The Morgan fingerprint density at radius 3 is 2.43 bits per heavy atom. The summed E-state index contributed by atoms with van der Waals surface area (Å²) in [6, 6.07) is 15.4. The first-order valence-electron chi connectivity index (χ1n) is 9.79. The van der Waals surface area contributed by atoms with Crippen LogP contribution in [0.2, 0.25) is 0 Å². The maximum atomic E-state index is 13.0. The van der Waals surface area contributed by atoms with E-state index < -0.39 is 0 Å². The zero-order valence-corrected chi connectivity index (χ0v) is 16.8. The maximum Gasteiger partial charge on any atom is 0.263 e. The Labute approximate surface area is 173 Å². The van der Waals surface area contributed by atoms with Crippen molar-refractivity contribution in [3.8, 4) is 11.5 Å². The summed E-state index contributed by atoms with van der Waals surface area (Å²) >= 11 is 0. The van der Waals surface area contributed by atoms with Crippen LogP contribution >= 0.6 is 0 Å². The van der Waals surface area contributed by atoms with Gasteiger partial charge in [0.2, 0.25) is 0 Å². The van der Waals surface area contributed by atoms with E-state index in [0.717, 1.165) is 22.8 Å². The van der Waals surface area contributed by atoms with E-state index in [1.165, 1.54) is 10.1 Å². The number of rotatable bonds is 3. The lowest BCUT2D eigenvalue weighted by Crippen LogP contribution is -2.33. The van der Waals surface area contributed by atoms with Crippen molar-refractivity contribution in [1.82, 2.24) is 23.8 Å². The number of carbonyl (C=O) groups excluding carboxylic acids is 1. The predicted octanol–water partition coefficient (Wildman–Crippen LogP) is 2.83. The Hall–Kier alpha value is -3.87. The largest absolute Gasteiger partial charge is 0.328 e. The molecule has 7 heteroatoms. The molecule has 0 fully saturated rings. The molecular weight excluding hydrogens is 378 g/mol. The zero-order chi connectivity index (χ0) is 20.8. The van der Waals surface area contributed by atoms with E-state index in [4.69, 9.17) is 5.10 Å². The topological polar surface area (TPSA) is 65.1 Å². The normalized spacial score (nSPS) is 12.9. The Morgan fingerprint density at radius 2 is 1.70 bits per heavy atom. The van der Waals surface area contributed by atoms with Gasteiger partial charge in [-0.05, 0) is 43.3 Å². The highest BCUT2D eigenvalue weighted by atomic mass is 16.2. The molecule has 5 rings (SSSR count). The number of hydrogen-bond acceptors (Lipinski definition) is 3. The van der Waals surface area contributed by atoms with Crippen LogP contribution in [0.3, 0.4) is 0 Å². The van der Waals surface area contributed by atoms with E-state index >= 15 is 0 Å². The third kappa shape index (κ3) is 2.86. The van der Waals surface area contributed by atoms with Gasteiger partial charge >= 0.3 is 0 Å². The smallest absolute Gasteiger partial charge is 0.263 e. The van der Waals surface area contributed by atoms with E-state index in [-0.39, 0.29) is 17.0 Å². The van der Waals surface area contributed by atoms with E-state index in [2.05, 4.69) is 19.1 Å². The minimum Gasteiger partial charge on any atom is -0.328 e. The number of carbonyl (C=O) groups is 1. The lowest BCUT2D eigenvalue weighted by molar-refractivity contribution is 0.0747. The van der Waals surface area contributed by atoms with Crippen LogP contribution in [-0.2, 0) is 20.1 Å². The summed E-state index contributed by atoms with van der Waals surface area (Å²) in [5.74, 6) is 0.643. The molecular formula is C23H21N5O2. The van der Waals surface area contributed by atoms with E-state index in [1.54, 1.807) is 30.3 Å². The molecule has 0 unspecified atom stereocenters. The van der Waals surface area contributed by atoms with Gasteiger partial charge in [0.1, 0.15) is 11.4 Å². The first-order chi connectivity index (χ1) is 14.5. The van der Waals surface area contributed by atoms with Gasteiger partial charge in [-0.2, -0.15) is 5.10 Å². The number of nitrogens with zero attached hydrogens (tertiary/aromatic N) is 5. The molecule has 1 aromatic carbocycles. The van der Waals surface area contributed by atoms with Crippen molar-refractivity contribution >= 4 is 5.91 Å². The number of amides is 1. The summed E-state index contributed by atoms with van der Waals surface area (Å²) in [5.41, 5.74) is 3.88. The van der Waals surface area contributed by atoms with Crippen molar-refractivity contribution in [3.05, 3.63) is 99.9 Å². The maximum absolute atomic E-state index is 13.0. The van der Waals surface area contributed by atoms with Gasteiger partial charge in [0.25, 0.3) is 11.5 Å². The molecule has 3 aromatic heterocycles. The molecule has 0 N–H and O–H groups in total. The van der Waals surface area contributed by atoms with Crippen LogP contribution in [0.4, 0.5) is 0 Å². The number of aryl methyl sites for hydroxylation is 2. The summed E-state index contributed by atoms with van der Waals surface area (Å²) < 4.78 is 5.36. The third-order valence-electron chi connectivity index (χ3n) is 5.50. The van der Waals surface area contributed by atoms with Crippen molar-refractivity contribution < 1.29 is 4.79 Å².